The molecule has 0 spiro atoms. The van der Waals surface area contributed by atoms with E-state index in [9.17, 15) is 8.42 Å². The fourth-order valence-electron chi connectivity index (χ4n) is 1.36. The number of nitrogens with one attached hydrogen (secondary N) is 1. The summed E-state index contributed by atoms with van der Waals surface area (Å²) in [5.41, 5.74) is 0. The van der Waals surface area contributed by atoms with Gasteiger partial charge in [0.25, 0.3) is 0 Å². The van der Waals surface area contributed by atoms with Crippen LogP contribution in [-0.4, -0.2) is 51.8 Å². The zero-order valence-corrected chi connectivity index (χ0v) is 8.06. The number of nitrogens with zero attached hydrogens (tertiary/aromatic N) is 1. The Hall–Kier alpha value is -0.130. The molecule has 0 saturated carbocycles. The first kappa shape index (κ1) is 9.95. The Morgan fingerprint density at radius 2 is 1.92 bits per heavy atom. The van der Waals surface area contributed by atoms with Crippen molar-refractivity contribution in [3.05, 3.63) is 0 Å². The van der Waals surface area contributed by atoms with Gasteiger partial charge in [-0.1, -0.05) is 0 Å². The lowest BCUT2D eigenvalue weighted by Gasteiger charge is -2.26. The molecule has 0 aromatic rings. The molecule has 12 heavy (non-hydrogen) atoms. The van der Waals surface area contributed by atoms with Crippen molar-refractivity contribution in [2.24, 2.45) is 0 Å². The minimum Gasteiger partial charge on any atom is -0.314 e. The highest BCUT2D eigenvalue weighted by atomic mass is 32.2. The van der Waals surface area contributed by atoms with Gasteiger partial charge in [-0.15, -0.1) is 0 Å². The molecule has 0 bridgehead atoms. The average molecular weight is 192 g/mol. The summed E-state index contributed by atoms with van der Waals surface area (Å²) in [5, 5.41) is 3.25. The molecular formula is C7H16N2O2S. The van der Waals surface area contributed by atoms with Crippen molar-refractivity contribution >= 4 is 10.7 Å². The van der Waals surface area contributed by atoms with Gasteiger partial charge < -0.3 is 10.2 Å². The van der Waals surface area contributed by atoms with Gasteiger partial charge in [0.1, 0.15) is 10.7 Å². The number of thiol groups is 1. The van der Waals surface area contributed by atoms with E-state index in [1.165, 1.54) is 0 Å². The normalized spacial score (nSPS) is 20.1. The number of rotatable bonds is 4. The molecule has 72 valence electrons. The summed E-state index contributed by atoms with van der Waals surface area (Å²) in [4.78, 5) is 2.30. The smallest absolute Gasteiger partial charge is 0.140 e. The highest BCUT2D eigenvalue weighted by Gasteiger charge is 2.07. The Labute approximate surface area is 74.9 Å². The van der Waals surface area contributed by atoms with E-state index in [1.807, 2.05) is 0 Å². The fourth-order valence-corrected chi connectivity index (χ4v) is 1.76. The van der Waals surface area contributed by atoms with Gasteiger partial charge in [0.15, 0.2) is 0 Å². The van der Waals surface area contributed by atoms with Crippen LogP contribution in [-0.2, 0) is 10.7 Å². The van der Waals surface area contributed by atoms with Crippen molar-refractivity contribution in [2.75, 3.05) is 38.5 Å². The van der Waals surface area contributed by atoms with E-state index >= 15 is 0 Å². The molecule has 4 nitrogen and oxygen atoms in total. The molecule has 1 heterocycles. The van der Waals surface area contributed by atoms with Crippen LogP contribution in [0.15, 0.2) is 0 Å². The second-order valence-corrected chi connectivity index (χ2v) is 4.11. The molecule has 0 unspecified atom stereocenters. The van der Waals surface area contributed by atoms with E-state index in [4.69, 9.17) is 0 Å². The van der Waals surface area contributed by atoms with Crippen LogP contribution in [0.3, 0.4) is 0 Å². The van der Waals surface area contributed by atoms with Crippen LogP contribution in [0, 0.1) is 0 Å². The van der Waals surface area contributed by atoms with Gasteiger partial charge in [0, 0.05) is 31.9 Å². The Kier molecular flexibility index (Phi) is 4.57. The van der Waals surface area contributed by atoms with E-state index in [-0.39, 0.29) is 0 Å². The second kappa shape index (κ2) is 5.50. The highest BCUT2D eigenvalue weighted by Crippen LogP contribution is 1.93. The molecule has 1 aliphatic rings. The van der Waals surface area contributed by atoms with Crippen LogP contribution in [0.25, 0.3) is 0 Å². The van der Waals surface area contributed by atoms with E-state index in [0.29, 0.717) is 5.75 Å². The molecule has 0 aromatic heterocycles. The Morgan fingerprint density at radius 1 is 1.25 bits per heavy atom. The summed E-state index contributed by atoms with van der Waals surface area (Å²) in [5.74, 6) is 0.333. The van der Waals surface area contributed by atoms with Crippen LogP contribution < -0.4 is 5.32 Å². The molecular weight excluding hydrogens is 176 g/mol. The maximum Gasteiger partial charge on any atom is 0.140 e. The third-order valence-electron chi connectivity index (χ3n) is 2.02. The van der Waals surface area contributed by atoms with E-state index in [0.717, 1.165) is 39.1 Å². The molecule has 1 N–H and O–H groups in total. The number of hydrogen-bond acceptors (Lipinski definition) is 4. The minimum absolute atomic E-state index is 0.333. The van der Waals surface area contributed by atoms with Crippen LogP contribution >= 0.6 is 0 Å². The van der Waals surface area contributed by atoms with Gasteiger partial charge in [-0.3, -0.25) is 0 Å². The Balaban J connectivity index is 2.05. The summed E-state index contributed by atoms with van der Waals surface area (Å²) in [6.07, 6.45) is 0.776. The first-order valence-electron chi connectivity index (χ1n) is 4.34. The third kappa shape index (κ3) is 4.04. The summed E-state index contributed by atoms with van der Waals surface area (Å²) in [6, 6.07) is 0. The van der Waals surface area contributed by atoms with Crippen molar-refractivity contribution in [2.45, 2.75) is 6.42 Å². The van der Waals surface area contributed by atoms with Crippen molar-refractivity contribution in [1.29, 1.82) is 0 Å². The van der Waals surface area contributed by atoms with Crippen molar-refractivity contribution in [3.63, 3.8) is 0 Å². The molecule has 5 heteroatoms. The minimum atomic E-state index is -2.17. The van der Waals surface area contributed by atoms with E-state index in [1.54, 1.807) is 0 Å². The second-order valence-electron chi connectivity index (χ2n) is 3.00. The van der Waals surface area contributed by atoms with Crippen LogP contribution in [0.5, 0.6) is 0 Å². The first-order chi connectivity index (χ1) is 5.79. The SMILES string of the molecule is O=[SH](=O)CCCN1CCNCC1. The third-order valence-corrected chi connectivity index (χ3v) is 2.71. The van der Waals surface area contributed by atoms with Gasteiger partial charge >= 0.3 is 0 Å². The molecule has 1 aliphatic heterocycles. The molecule has 0 amide bonds. The standard InChI is InChI=1S/C7H16N2O2S/c10-12(11)7-1-4-9-5-2-8-3-6-9/h8,12H,1-7H2. The maximum absolute atomic E-state index is 10.2. The van der Waals surface area contributed by atoms with Gasteiger partial charge in [-0.2, -0.15) is 0 Å². The van der Waals surface area contributed by atoms with Gasteiger partial charge in [-0.25, -0.2) is 8.42 Å². The number of piperazine rings is 1. The van der Waals surface area contributed by atoms with E-state index in [2.05, 4.69) is 10.2 Å². The zero-order valence-electron chi connectivity index (χ0n) is 7.16. The zero-order chi connectivity index (χ0) is 8.81. The lowest BCUT2D eigenvalue weighted by atomic mass is 10.3. The molecule has 1 saturated heterocycles. The van der Waals surface area contributed by atoms with Crippen molar-refractivity contribution in [1.82, 2.24) is 10.2 Å². The molecule has 0 atom stereocenters. The predicted molar refractivity (Wildman–Crippen MR) is 49.1 cm³/mol. The lowest BCUT2D eigenvalue weighted by Crippen LogP contribution is -2.43. The van der Waals surface area contributed by atoms with Crippen LogP contribution in [0.2, 0.25) is 0 Å². The molecule has 1 rings (SSSR count). The summed E-state index contributed by atoms with van der Waals surface area (Å²) < 4.78 is 20.5. The number of hydrogen-bond donors (Lipinski definition) is 2. The summed E-state index contributed by atoms with van der Waals surface area (Å²) in [7, 11) is -2.17. The fraction of sp³-hybridized carbons (Fsp3) is 1.00. The summed E-state index contributed by atoms with van der Waals surface area (Å²) in [6.45, 7) is 5.09. The largest absolute Gasteiger partial charge is 0.314 e. The van der Waals surface area contributed by atoms with E-state index < -0.39 is 10.7 Å². The predicted octanol–water partition coefficient (Wildman–Crippen LogP) is -1.11. The van der Waals surface area contributed by atoms with Crippen LogP contribution in [0.1, 0.15) is 6.42 Å². The maximum atomic E-state index is 10.2. The monoisotopic (exact) mass is 192 g/mol. The van der Waals surface area contributed by atoms with Crippen molar-refractivity contribution in [3.8, 4) is 0 Å². The summed E-state index contributed by atoms with van der Waals surface area (Å²) >= 11 is 0. The molecule has 0 aromatic carbocycles. The topological polar surface area (TPSA) is 49.4 Å². The molecule has 0 aliphatic carbocycles. The van der Waals surface area contributed by atoms with Gasteiger partial charge in [0.05, 0.1) is 0 Å². The van der Waals surface area contributed by atoms with Gasteiger partial charge in [0.2, 0.25) is 0 Å². The Morgan fingerprint density at radius 3 is 2.50 bits per heavy atom. The molecule has 1 fully saturated rings. The Bertz CT molecular complexity index is 180. The van der Waals surface area contributed by atoms with Crippen LogP contribution in [0.4, 0.5) is 0 Å². The average Bonchev–Trinajstić information content (AvgIpc) is 2.05. The first-order valence-corrected chi connectivity index (χ1v) is 5.70. The quantitative estimate of drug-likeness (QED) is 0.555. The lowest BCUT2D eigenvalue weighted by molar-refractivity contribution is 0.242. The van der Waals surface area contributed by atoms with Crippen molar-refractivity contribution < 1.29 is 8.42 Å². The highest BCUT2D eigenvalue weighted by molar-refractivity contribution is 7.72. The van der Waals surface area contributed by atoms with Gasteiger partial charge in [-0.05, 0) is 13.0 Å². The molecule has 0 radical (unpaired) electrons.